The molecule has 2 rings (SSSR count). The molecule has 2 N–H and O–H groups in total. The zero-order valence-electron chi connectivity index (χ0n) is 8.57. The van der Waals surface area contributed by atoms with E-state index in [0.29, 0.717) is 0 Å². The van der Waals surface area contributed by atoms with Crippen molar-refractivity contribution in [2.24, 2.45) is 12.8 Å². The first-order valence-electron chi connectivity index (χ1n) is 4.58. The largest absolute Gasteiger partial charge is 0.466 e. The molecular weight excluding hydrogens is 258 g/mol. The molecule has 0 aliphatic carbocycles. The molecule has 15 heavy (non-hydrogen) atoms. The highest BCUT2D eigenvalue weighted by Gasteiger charge is 2.19. The molecule has 0 amide bonds. The van der Waals surface area contributed by atoms with Crippen LogP contribution in [0.5, 0.6) is 0 Å². The minimum Gasteiger partial charge on any atom is -0.466 e. The Hall–Kier alpha value is -1.07. The minimum atomic E-state index is -0.291. The summed E-state index contributed by atoms with van der Waals surface area (Å²) in [5, 5.41) is 4.25. The van der Waals surface area contributed by atoms with Gasteiger partial charge in [0.1, 0.15) is 11.8 Å². The maximum absolute atomic E-state index is 6.09. The minimum absolute atomic E-state index is 0.291. The molecule has 0 bridgehead atoms. The number of furan rings is 1. The first kappa shape index (κ1) is 10.4. The monoisotopic (exact) mass is 269 g/mol. The third kappa shape index (κ3) is 1.85. The molecule has 2 heterocycles. The van der Waals surface area contributed by atoms with Gasteiger partial charge in [0.15, 0.2) is 0 Å². The van der Waals surface area contributed by atoms with Crippen molar-refractivity contribution in [3.05, 3.63) is 40.0 Å². The van der Waals surface area contributed by atoms with Crippen LogP contribution in [0.1, 0.15) is 23.2 Å². The number of halogens is 1. The molecule has 0 aliphatic rings. The molecule has 5 heteroatoms. The Balaban J connectivity index is 2.40. The van der Waals surface area contributed by atoms with Crippen LogP contribution in [-0.2, 0) is 7.05 Å². The summed E-state index contributed by atoms with van der Waals surface area (Å²) in [6.45, 7) is 1.94. The van der Waals surface area contributed by atoms with E-state index in [1.165, 1.54) is 0 Å². The van der Waals surface area contributed by atoms with Gasteiger partial charge >= 0.3 is 0 Å². The van der Waals surface area contributed by atoms with Gasteiger partial charge in [-0.3, -0.25) is 4.68 Å². The second kappa shape index (κ2) is 3.83. The summed E-state index contributed by atoms with van der Waals surface area (Å²) in [7, 11) is 1.87. The quantitative estimate of drug-likeness (QED) is 0.909. The van der Waals surface area contributed by atoms with Crippen LogP contribution in [0.3, 0.4) is 0 Å². The van der Waals surface area contributed by atoms with Crippen molar-refractivity contribution in [2.45, 2.75) is 13.0 Å². The van der Waals surface area contributed by atoms with Gasteiger partial charge in [0.25, 0.3) is 0 Å². The van der Waals surface area contributed by atoms with Crippen LogP contribution in [0.2, 0.25) is 0 Å². The van der Waals surface area contributed by atoms with Gasteiger partial charge in [0.2, 0.25) is 0 Å². The molecule has 0 spiro atoms. The van der Waals surface area contributed by atoms with Gasteiger partial charge < -0.3 is 10.2 Å². The van der Waals surface area contributed by atoms with Gasteiger partial charge in [-0.2, -0.15) is 5.10 Å². The zero-order chi connectivity index (χ0) is 11.0. The van der Waals surface area contributed by atoms with E-state index in [9.17, 15) is 0 Å². The van der Waals surface area contributed by atoms with Gasteiger partial charge in [-0.1, -0.05) is 0 Å². The number of rotatable bonds is 2. The highest BCUT2D eigenvalue weighted by molar-refractivity contribution is 9.10. The fourth-order valence-corrected chi connectivity index (χ4v) is 2.03. The van der Waals surface area contributed by atoms with Crippen molar-refractivity contribution in [3.63, 3.8) is 0 Å². The molecule has 1 unspecified atom stereocenters. The fraction of sp³-hybridized carbons (Fsp3) is 0.300. The van der Waals surface area contributed by atoms with Gasteiger partial charge in [-0.05, 0) is 35.0 Å². The highest BCUT2D eigenvalue weighted by atomic mass is 79.9. The summed E-state index contributed by atoms with van der Waals surface area (Å²) in [4.78, 5) is 0. The van der Waals surface area contributed by atoms with Gasteiger partial charge in [-0.15, -0.1) is 0 Å². The maximum Gasteiger partial charge on any atom is 0.140 e. The van der Waals surface area contributed by atoms with Crippen LogP contribution in [0.4, 0.5) is 0 Å². The normalized spacial score (nSPS) is 13.1. The summed E-state index contributed by atoms with van der Waals surface area (Å²) in [6.07, 6.45) is 1.61. The lowest BCUT2D eigenvalue weighted by atomic mass is 10.1. The Morgan fingerprint density at radius 2 is 2.33 bits per heavy atom. The van der Waals surface area contributed by atoms with Crippen LogP contribution >= 0.6 is 15.9 Å². The summed E-state index contributed by atoms with van der Waals surface area (Å²) >= 11 is 3.39. The van der Waals surface area contributed by atoms with Crippen molar-refractivity contribution in [3.8, 4) is 0 Å². The number of hydrogen-bond donors (Lipinski definition) is 1. The average Bonchev–Trinajstić information content (AvgIpc) is 2.71. The standard InChI is InChI=1S/C10H12BrN3O/c1-6-5-8(14(2)13-6)9(12)10-7(11)3-4-15-10/h3-5,9H,12H2,1-2H3. The molecule has 2 aromatic rings. The molecule has 0 saturated carbocycles. The molecule has 2 aromatic heterocycles. The summed E-state index contributed by atoms with van der Waals surface area (Å²) in [6, 6.07) is 3.50. The third-order valence-corrected chi connectivity index (χ3v) is 2.94. The SMILES string of the molecule is Cc1cc(C(N)c2occc2Br)n(C)n1. The Labute approximate surface area is 96.2 Å². The molecule has 0 aromatic carbocycles. The van der Waals surface area contributed by atoms with E-state index in [-0.39, 0.29) is 6.04 Å². The van der Waals surface area contributed by atoms with Gasteiger partial charge in [-0.25, -0.2) is 0 Å². The second-order valence-corrected chi connectivity index (χ2v) is 4.30. The molecule has 0 saturated heterocycles. The molecule has 0 aliphatic heterocycles. The lowest BCUT2D eigenvalue weighted by Crippen LogP contribution is -2.15. The van der Waals surface area contributed by atoms with E-state index in [1.807, 2.05) is 26.1 Å². The van der Waals surface area contributed by atoms with Crippen molar-refractivity contribution >= 4 is 15.9 Å². The molecule has 1 atom stereocenters. The maximum atomic E-state index is 6.09. The summed E-state index contributed by atoms with van der Waals surface area (Å²) < 4.78 is 7.99. The number of nitrogens with two attached hydrogens (primary N) is 1. The van der Waals surface area contributed by atoms with Crippen LogP contribution in [0.15, 0.2) is 27.3 Å². The first-order chi connectivity index (χ1) is 7.09. The fourth-order valence-electron chi connectivity index (χ4n) is 1.58. The Morgan fingerprint density at radius 3 is 2.80 bits per heavy atom. The van der Waals surface area contributed by atoms with Crippen LogP contribution < -0.4 is 5.73 Å². The molecule has 4 nitrogen and oxygen atoms in total. The van der Waals surface area contributed by atoms with Crippen molar-refractivity contribution in [1.82, 2.24) is 9.78 Å². The lowest BCUT2D eigenvalue weighted by Gasteiger charge is -2.09. The van der Waals surface area contributed by atoms with Crippen LogP contribution in [0, 0.1) is 6.92 Å². The van der Waals surface area contributed by atoms with E-state index in [0.717, 1.165) is 21.6 Å². The summed E-state index contributed by atoms with van der Waals surface area (Å²) in [5.74, 6) is 0.720. The third-order valence-electron chi connectivity index (χ3n) is 2.28. The number of aryl methyl sites for hydroxylation is 2. The second-order valence-electron chi connectivity index (χ2n) is 3.44. The predicted molar refractivity (Wildman–Crippen MR) is 60.4 cm³/mol. The molecule has 0 fully saturated rings. The molecule has 0 radical (unpaired) electrons. The Bertz CT molecular complexity index is 475. The smallest absolute Gasteiger partial charge is 0.140 e. The highest BCUT2D eigenvalue weighted by Crippen LogP contribution is 2.27. The van der Waals surface area contributed by atoms with Crippen LogP contribution in [0.25, 0.3) is 0 Å². The molecular formula is C10H12BrN3O. The van der Waals surface area contributed by atoms with Crippen molar-refractivity contribution < 1.29 is 4.42 Å². The van der Waals surface area contributed by atoms with E-state index in [4.69, 9.17) is 10.2 Å². The summed E-state index contributed by atoms with van der Waals surface area (Å²) in [5.41, 5.74) is 7.97. The number of nitrogens with zero attached hydrogens (tertiary/aromatic N) is 2. The predicted octanol–water partition coefficient (Wildman–Crippen LogP) is 2.13. The molecule has 80 valence electrons. The van der Waals surface area contributed by atoms with E-state index >= 15 is 0 Å². The average molecular weight is 270 g/mol. The zero-order valence-corrected chi connectivity index (χ0v) is 10.2. The topological polar surface area (TPSA) is 57.0 Å². The number of aromatic nitrogens is 2. The Morgan fingerprint density at radius 1 is 1.60 bits per heavy atom. The Kier molecular flexibility index (Phi) is 2.67. The van der Waals surface area contributed by atoms with Gasteiger partial charge in [0, 0.05) is 7.05 Å². The van der Waals surface area contributed by atoms with E-state index in [2.05, 4.69) is 21.0 Å². The lowest BCUT2D eigenvalue weighted by molar-refractivity contribution is 0.476. The van der Waals surface area contributed by atoms with E-state index < -0.39 is 0 Å². The van der Waals surface area contributed by atoms with Crippen molar-refractivity contribution in [2.75, 3.05) is 0 Å². The van der Waals surface area contributed by atoms with E-state index in [1.54, 1.807) is 10.9 Å². The van der Waals surface area contributed by atoms with Gasteiger partial charge in [0.05, 0.1) is 22.1 Å². The number of hydrogen-bond acceptors (Lipinski definition) is 3. The first-order valence-corrected chi connectivity index (χ1v) is 5.38. The van der Waals surface area contributed by atoms with Crippen molar-refractivity contribution in [1.29, 1.82) is 0 Å². The van der Waals surface area contributed by atoms with Crippen LogP contribution in [-0.4, -0.2) is 9.78 Å².